The van der Waals surface area contributed by atoms with Gasteiger partial charge in [0, 0.05) is 17.7 Å². The van der Waals surface area contributed by atoms with E-state index in [9.17, 15) is 4.79 Å². The Morgan fingerprint density at radius 2 is 1.79 bits per heavy atom. The number of rotatable bonds is 6. The summed E-state index contributed by atoms with van der Waals surface area (Å²) >= 11 is 0. The molecule has 0 unspecified atom stereocenters. The molecule has 33 heavy (non-hydrogen) atoms. The molecule has 0 amide bonds. The zero-order chi connectivity index (χ0) is 22.9. The van der Waals surface area contributed by atoms with Gasteiger partial charge in [0.2, 0.25) is 5.95 Å². The van der Waals surface area contributed by atoms with Crippen molar-refractivity contribution in [1.82, 2.24) is 14.8 Å². The number of fused-ring (bicyclic) bond motifs is 1. The van der Waals surface area contributed by atoms with E-state index >= 15 is 0 Å². The molecule has 3 aromatic rings. The molecule has 2 aromatic carbocycles. The van der Waals surface area contributed by atoms with E-state index in [1.807, 2.05) is 49.4 Å². The molecule has 2 aliphatic rings. The molecule has 1 N–H and O–H groups in total. The lowest BCUT2D eigenvalue weighted by molar-refractivity contribution is -0.116. The van der Waals surface area contributed by atoms with Gasteiger partial charge in [-0.1, -0.05) is 18.2 Å². The predicted molar refractivity (Wildman–Crippen MR) is 123 cm³/mol. The highest BCUT2D eigenvalue weighted by molar-refractivity contribution is 6.00. The van der Waals surface area contributed by atoms with Gasteiger partial charge in [0.25, 0.3) is 0 Å². The molecule has 0 spiro atoms. The van der Waals surface area contributed by atoms with Crippen LogP contribution >= 0.6 is 0 Å². The largest absolute Gasteiger partial charge is 0.494 e. The fourth-order valence-electron chi connectivity index (χ4n) is 4.72. The van der Waals surface area contributed by atoms with Gasteiger partial charge < -0.3 is 19.5 Å². The summed E-state index contributed by atoms with van der Waals surface area (Å²) in [5.41, 5.74) is 3.65. The van der Waals surface area contributed by atoms with Gasteiger partial charge in [-0.25, -0.2) is 4.68 Å². The van der Waals surface area contributed by atoms with Crippen molar-refractivity contribution in [2.75, 3.05) is 26.1 Å². The van der Waals surface area contributed by atoms with Crippen LogP contribution < -0.4 is 19.5 Å². The quantitative estimate of drug-likeness (QED) is 0.610. The van der Waals surface area contributed by atoms with Crippen molar-refractivity contribution in [2.24, 2.45) is 0 Å². The highest BCUT2D eigenvalue weighted by atomic mass is 16.5. The molecule has 2 atom stereocenters. The summed E-state index contributed by atoms with van der Waals surface area (Å²) in [7, 11) is 3.23. The third-order valence-electron chi connectivity index (χ3n) is 6.25. The van der Waals surface area contributed by atoms with E-state index in [0.717, 1.165) is 28.1 Å². The van der Waals surface area contributed by atoms with Gasteiger partial charge in [-0.2, -0.15) is 10.1 Å². The first kappa shape index (κ1) is 21.1. The number of benzene rings is 2. The molecule has 1 aliphatic carbocycles. The van der Waals surface area contributed by atoms with Crippen molar-refractivity contribution >= 4 is 11.7 Å². The lowest BCUT2D eigenvalue weighted by Gasteiger charge is -2.35. The second kappa shape index (κ2) is 8.61. The average Bonchev–Trinajstić information content (AvgIpc) is 3.31. The zero-order valence-electron chi connectivity index (χ0n) is 18.9. The summed E-state index contributed by atoms with van der Waals surface area (Å²) < 4.78 is 18.2. The zero-order valence-corrected chi connectivity index (χ0v) is 18.9. The summed E-state index contributed by atoms with van der Waals surface area (Å²) in [6, 6.07) is 13.4. The van der Waals surface area contributed by atoms with E-state index in [1.54, 1.807) is 18.9 Å². The van der Waals surface area contributed by atoms with Gasteiger partial charge >= 0.3 is 0 Å². The molecule has 0 bridgehead atoms. The normalized spacial score (nSPS) is 19.4. The summed E-state index contributed by atoms with van der Waals surface area (Å²) in [6.45, 7) is 2.56. The van der Waals surface area contributed by atoms with Crippen LogP contribution in [0.1, 0.15) is 42.9 Å². The van der Waals surface area contributed by atoms with Crippen LogP contribution in [-0.2, 0) is 4.79 Å². The number of aromatic nitrogens is 3. The molecule has 0 saturated carbocycles. The fraction of sp³-hybridized carbons (Fsp3) is 0.320. The van der Waals surface area contributed by atoms with Crippen LogP contribution in [0.2, 0.25) is 0 Å². The number of methoxy groups -OCH3 is 2. The molecule has 0 fully saturated rings. The highest BCUT2D eigenvalue weighted by Gasteiger charge is 2.39. The number of allylic oxidation sites excluding steroid dienone is 2. The molecule has 1 aliphatic heterocycles. The minimum Gasteiger partial charge on any atom is -0.494 e. The predicted octanol–water partition coefficient (Wildman–Crippen LogP) is 4.11. The van der Waals surface area contributed by atoms with Crippen molar-refractivity contribution < 1.29 is 19.0 Å². The molecule has 2 heterocycles. The van der Waals surface area contributed by atoms with Gasteiger partial charge in [-0.3, -0.25) is 4.79 Å². The van der Waals surface area contributed by atoms with Gasteiger partial charge in [-0.15, -0.1) is 0 Å². The Morgan fingerprint density at radius 3 is 2.52 bits per heavy atom. The number of hydrogen-bond acceptors (Lipinski definition) is 7. The van der Waals surface area contributed by atoms with E-state index in [4.69, 9.17) is 14.2 Å². The number of carbonyl (C=O) groups excluding carboxylic acids is 1. The Bertz CT molecular complexity index is 1220. The minimum absolute atomic E-state index is 0.0269. The first-order chi connectivity index (χ1) is 16.1. The highest BCUT2D eigenvalue weighted by Crippen LogP contribution is 2.45. The molecular weight excluding hydrogens is 420 g/mol. The fourth-order valence-corrected chi connectivity index (χ4v) is 4.72. The average molecular weight is 447 g/mol. The summed E-state index contributed by atoms with van der Waals surface area (Å²) in [6.07, 6.45) is 2.61. The van der Waals surface area contributed by atoms with Crippen molar-refractivity contribution in [2.45, 2.75) is 31.7 Å². The monoisotopic (exact) mass is 446 g/mol. The number of Topliss-reactive ketones (excluding diaryl/α,β-unsaturated/α-hetero) is 1. The second-order valence-electron chi connectivity index (χ2n) is 8.09. The third kappa shape index (κ3) is 3.71. The van der Waals surface area contributed by atoms with E-state index in [1.165, 1.54) is 6.33 Å². The Labute approximate surface area is 192 Å². The van der Waals surface area contributed by atoms with E-state index in [2.05, 4.69) is 15.4 Å². The Kier molecular flexibility index (Phi) is 5.50. The molecule has 8 heteroatoms. The molecule has 0 radical (unpaired) electrons. The van der Waals surface area contributed by atoms with E-state index in [-0.39, 0.29) is 17.7 Å². The number of carbonyl (C=O) groups is 1. The third-order valence-corrected chi connectivity index (χ3v) is 6.25. The number of nitrogens with one attached hydrogen (secondary N) is 1. The van der Waals surface area contributed by atoms with Crippen LogP contribution in [-0.4, -0.2) is 41.4 Å². The number of ketones is 1. The SMILES string of the molecule is CCOc1ccc([C@H]2C3=C(C[C@@H](c4ccc(OC)c(OC)c4)CC3=O)Nc3ncnn32)cc1. The lowest BCUT2D eigenvalue weighted by Crippen LogP contribution is -2.33. The topological polar surface area (TPSA) is 87.5 Å². The molecule has 170 valence electrons. The number of hydrogen-bond donors (Lipinski definition) is 1. The van der Waals surface area contributed by atoms with Gasteiger partial charge in [0.1, 0.15) is 18.1 Å². The van der Waals surface area contributed by atoms with Crippen LogP contribution in [0.15, 0.2) is 60.1 Å². The van der Waals surface area contributed by atoms with Crippen LogP contribution in [0.25, 0.3) is 0 Å². The van der Waals surface area contributed by atoms with E-state index < -0.39 is 0 Å². The molecule has 0 saturated heterocycles. The molecule has 5 rings (SSSR count). The first-order valence-electron chi connectivity index (χ1n) is 11.0. The smallest absolute Gasteiger partial charge is 0.226 e. The minimum atomic E-state index is -0.326. The van der Waals surface area contributed by atoms with Crippen molar-refractivity contribution in [3.8, 4) is 17.2 Å². The maximum atomic E-state index is 13.5. The van der Waals surface area contributed by atoms with Crippen molar-refractivity contribution in [3.63, 3.8) is 0 Å². The maximum absolute atomic E-state index is 13.5. The molecule has 8 nitrogen and oxygen atoms in total. The lowest BCUT2D eigenvalue weighted by atomic mass is 9.78. The Hall–Kier alpha value is -3.81. The molecule has 1 aromatic heterocycles. The van der Waals surface area contributed by atoms with Crippen LogP contribution in [0, 0.1) is 0 Å². The van der Waals surface area contributed by atoms with Gasteiger partial charge in [-0.05, 0) is 54.7 Å². The second-order valence-corrected chi connectivity index (χ2v) is 8.09. The van der Waals surface area contributed by atoms with Crippen molar-refractivity contribution in [1.29, 1.82) is 0 Å². The van der Waals surface area contributed by atoms with E-state index in [0.29, 0.717) is 36.9 Å². The Balaban J connectivity index is 1.52. The molecular formula is C25H26N4O4. The van der Waals surface area contributed by atoms with Crippen LogP contribution in [0.3, 0.4) is 0 Å². The number of ether oxygens (including phenoxy) is 3. The summed E-state index contributed by atoms with van der Waals surface area (Å²) in [5, 5.41) is 7.77. The van der Waals surface area contributed by atoms with Gasteiger partial charge in [0.15, 0.2) is 17.3 Å². The van der Waals surface area contributed by atoms with Crippen molar-refractivity contribution in [3.05, 3.63) is 71.2 Å². The van der Waals surface area contributed by atoms with Crippen LogP contribution in [0.5, 0.6) is 17.2 Å². The van der Waals surface area contributed by atoms with Crippen LogP contribution in [0.4, 0.5) is 5.95 Å². The first-order valence-corrected chi connectivity index (χ1v) is 11.0. The van der Waals surface area contributed by atoms with Gasteiger partial charge in [0.05, 0.1) is 20.8 Å². The number of nitrogens with zero attached hydrogens (tertiary/aromatic N) is 3. The standard InChI is InChI=1S/C25H26N4O4/c1-4-33-18-8-5-15(6-9-18)24-23-19(28-25-26-14-27-29(24)25)11-17(12-20(23)30)16-7-10-21(31-2)22(13-16)32-3/h5-10,13-14,17,24H,4,11-12H2,1-3H3,(H,26,27,28)/t17-,24+/m1/s1. The Morgan fingerprint density at radius 1 is 1.03 bits per heavy atom. The summed E-state index contributed by atoms with van der Waals surface area (Å²) in [5.74, 6) is 2.89. The number of anilines is 1. The summed E-state index contributed by atoms with van der Waals surface area (Å²) in [4.78, 5) is 17.9. The maximum Gasteiger partial charge on any atom is 0.226 e.